The molecule has 1 aromatic rings. The van der Waals surface area contributed by atoms with E-state index in [4.69, 9.17) is 5.73 Å². The number of nitrogens with two attached hydrogens (primary N) is 1. The standard InChI is InChI=1S/C12H20N2O2S2.ClH/c1-10-5-6-11(17-10)18(15,16)14-9-12(13)7-3-2-4-8-12;/h5-6,14H,2-4,7-9,13H2,1H3;1H. The van der Waals surface area contributed by atoms with Crippen molar-refractivity contribution < 1.29 is 8.42 Å². The maximum atomic E-state index is 12.1. The molecule has 0 radical (unpaired) electrons. The number of sulfonamides is 1. The van der Waals surface area contributed by atoms with Crippen LogP contribution in [0.4, 0.5) is 0 Å². The third-order valence-corrected chi connectivity index (χ3v) is 6.34. The van der Waals surface area contributed by atoms with E-state index in [1.807, 2.05) is 13.0 Å². The first-order valence-electron chi connectivity index (χ1n) is 6.26. The largest absolute Gasteiger partial charge is 0.324 e. The van der Waals surface area contributed by atoms with Crippen molar-refractivity contribution in [2.24, 2.45) is 5.73 Å². The molecule has 7 heteroatoms. The SMILES string of the molecule is Cc1ccc(S(=O)(=O)NCC2(N)CCCCC2)s1.Cl. The number of nitrogens with one attached hydrogen (secondary N) is 1. The molecular weight excluding hydrogens is 304 g/mol. The van der Waals surface area contributed by atoms with E-state index in [9.17, 15) is 8.42 Å². The predicted molar refractivity (Wildman–Crippen MR) is 81.5 cm³/mol. The van der Waals surface area contributed by atoms with E-state index >= 15 is 0 Å². The average Bonchev–Trinajstić information content (AvgIpc) is 2.76. The van der Waals surface area contributed by atoms with Gasteiger partial charge in [0.15, 0.2) is 0 Å². The van der Waals surface area contributed by atoms with Crippen molar-refractivity contribution in [2.75, 3.05) is 6.54 Å². The summed E-state index contributed by atoms with van der Waals surface area (Å²) in [7, 11) is -3.39. The normalized spacial score (nSPS) is 18.8. The van der Waals surface area contributed by atoms with Crippen LogP contribution in [0.5, 0.6) is 0 Å². The van der Waals surface area contributed by atoms with Gasteiger partial charge in [0.1, 0.15) is 4.21 Å². The van der Waals surface area contributed by atoms with Gasteiger partial charge in [-0.1, -0.05) is 19.3 Å². The minimum Gasteiger partial charge on any atom is -0.324 e. The van der Waals surface area contributed by atoms with Crippen LogP contribution in [-0.4, -0.2) is 20.5 Å². The Balaban J connectivity index is 0.00000180. The Hall–Kier alpha value is -0.140. The number of hydrogen-bond acceptors (Lipinski definition) is 4. The molecular formula is C12H21ClN2O2S2. The molecule has 1 aliphatic carbocycles. The number of hydrogen-bond donors (Lipinski definition) is 2. The van der Waals surface area contributed by atoms with Gasteiger partial charge in [0.2, 0.25) is 10.0 Å². The Morgan fingerprint density at radius 3 is 2.47 bits per heavy atom. The molecule has 0 saturated heterocycles. The highest BCUT2D eigenvalue weighted by Gasteiger charge is 2.29. The number of rotatable bonds is 4. The minimum atomic E-state index is -3.39. The van der Waals surface area contributed by atoms with Crippen LogP contribution in [0.15, 0.2) is 16.3 Å². The molecule has 0 unspecified atom stereocenters. The molecule has 0 aliphatic heterocycles. The first-order valence-corrected chi connectivity index (χ1v) is 8.56. The van der Waals surface area contributed by atoms with Crippen LogP contribution in [-0.2, 0) is 10.0 Å². The number of thiophene rings is 1. The van der Waals surface area contributed by atoms with Gasteiger partial charge in [0, 0.05) is 17.0 Å². The molecule has 110 valence electrons. The zero-order chi connectivity index (χ0) is 13.2. The summed E-state index contributed by atoms with van der Waals surface area (Å²) >= 11 is 1.29. The fourth-order valence-corrected chi connectivity index (χ4v) is 4.77. The smallest absolute Gasteiger partial charge is 0.250 e. The van der Waals surface area contributed by atoms with Gasteiger partial charge in [-0.05, 0) is 31.9 Å². The van der Waals surface area contributed by atoms with E-state index in [1.165, 1.54) is 17.8 Å². The zero-order valence-corrected chi connectivity index (χ0v) is 13.5. The molecule has 0 amide bonds. The maximum Gasteiger partial charge on any atom is 0.250 e. The van der Waals surface area contributed by atoms with Crippen molar-refractivity contribution in [3.63, 3.8) is 0 Å². The first kappa shape index (κ1) is 16.9. The third-order valence-electron chi connectivity index (χ3n) is 3.44. The molecule has 0 spiro atoms. The van der Waals surface area contributed by atoms with E-state index in [0.29, 0.717) is 10.8 Å². The Morgan fingerprint density at radius 1 is 1.32 bits per heavy atom. The van der Waals surface area contributed by atoms with Gasteiger partial charge >= 0.3 is 0 Å². The van der Waals surface area contributed by atoms with Crippen LogP contribution in [0.1, 0.15) is 37.0 Å². The summed E-state index contributed by atoms with van der Waals surface area (Å²) < 4.78 is 27.2. The Kier molecular flexibility index (Phi) is 5.82. The number of halogens is 1. The highest BCUT2D eigenvalue weighted by Crippen LogP contribution is 2.26. The van der Waals surface area contributed by atoms with Crippen LogP contribution in [0, 0.1) is 6.92 Å². The predicted octanol–water partition coefficient (Wildman–Crippen LogP) is 2.42. The van der Waals surface area contributed by atoms with Gasteiger partial charge < -0.3 is 5.73 Å². The van der Waals surface area contributed by atoms with Crippen LogP contribution in [0.25, 0.3) is 0 Å². The number of aryl methyl sites for hydroxylation is 1. The summed E-state index contributed by atoms with van der Waals surface area (Å²) in [5.41, 5.74) is 5.86. The highest BCUT2D eigenvalue weighted by molar-refractivity contribution is 7.91. The summed E-state index contributed by atoms with van der Waals surface area (Å²) in [6.45, 7) is 2.24. The summed E-state index contributed by atoms with van der Waals surface area (Å²) in [5, 5.41) is 0. The van der Waals surface area contributed by atoms with E-state index in [-0.39, 0.29) is 17.9 Å². The van der Waals surface area contributed by atoms with Gasteiger partial charge in [-0.2, -0.15) is 0 Å². The highest BCUT2D eigenvalue weighted by atomic mass is 35.5. The molecule has 4 nitrogen and oxygen atoms in total. The molecule has 19 heavy (non-hydrogen) atoms. The fourth-order valence-electron chi connectivity index (χ4n) is 2.30. The second-order valence-electron chi connectivity index (χ2n) is 5.11. The van der Waals surface area contributed by atoms with E-state index < -0.39 is 10.0 Å². The lowest BCUT2D eigenvalue weighted by atomic mass is 9.83. The van der Waals surface area contributed by atoms with Gasteiger partial charge in [0.05, 0.1) is 0 Å². The molecule has 1 heterocycles. The molecule has 1 saturated carbocycles. The molecule has 3 N–H and O–H groups in total. The van der Waals surface area contributed by atoms with Crippen molar-refractivity contribution in [3.8, 4) is 0 Å². The third kappa shape index (κ3) is 4.43. The lowest BCUT2D eigenvalue weighted by Crippen LogP contribution is -2.51. The van der Waals surface area contributed by atoms with Crippen LogP contribution >= 0.6 is 23.7 Å². The van der Waals surface area contributed by atoms with Crippen LogP contribution in [0.3, 0.4) is 0 Å². The van der Waals surface area contributed by atoms with Crippen molar-refractivity contribution in [1.29, 1.82) is 0 Å². The molecule has 2 rings (SSSR count). The van der Waals surface area contributed by atoms with E-state index in [2.05, 4.69) is 4.72 Å². The minimum absolute atomic E-state index is 0. The zero-order valence-electron chi connectivity index (χ0n) is 11.0. The second-order valence-corrected chi connectivity index (χ2v) is 8.39. The topological polar surface area (TPSA) is 72.2 Å². The fraction of sp³-hybridized carbons (Fsp3) is 0.667. The quantitative estimate of drug-likeness (QED) is 0.893. The Bertz CT molecular complexity index is 508. The van der Waals surface area contributed by atoms with Gasteiger partial charge in [-0.3, -0.25) is 0 Å². The Morgan fingerprint density at radius 2 is 1.95 bits per heavy atom. The second kappa shape index (κ2) is 6.54. The monoisotopic (exact) mass is 324 g/mol. The molecule has 1 aliphatic rings. The van der Waals surface area contributed by atoms with Crippen molar-refractivity contribution >= 4 is 33.8 Å². The lowest BCUT2D eigenvalue weighted by molar-refractivity contribution is 0.296. The van der Waals surface area contributed by atoms with Crippen LogP contribution in [0.2, 0.25) is 0 Å². The maximum absolute atomic E-state index is 12.1. The van der Waals surface area contributed by atoms with Crippen molar-refractivity contribution in [3.05, 3.63) is 17.0 Å². The van der Waals surface area contributed by atoms with E-state index in [1.54, 1.807) is 6.07 Å². The average molecular weight is 325 g/mol. The van der Waals surface area contributed by atoms with Crippen molar-refractivity contribution in [2.45, 2.75) is 48.8 Å². The van der Waals surface area contributed by atoms with Crippen molar-refractivity contribution in [1.82, 2.24) is 4.72 Å². The summed E-state index contributed by atoms with van der Waals surface area (Å²) in [4.78, 5) is 0.996. The Labute approximate surface area is 125 Å². The summed E-state index contributed by atoms with van der Waals surface area (Å²) in [6, 6.07) is 3.46. The molecule has 1 aromatic heterocycles. The summed E-state index contributed by atoms with van der Waals surface area (Å²) in [6.07, 6.45) is 5.19. The van der Waals surface area contributed by atoms with E-state index in [0.717, 1.165) is 30.6 Å². The molecule has 0 aromatic carbocycles. The molecule has 1 fully saturated rings. The molecule has 0 atom stereocenters. The molecule has 0 bridgehead atoms. The van der Waals surface area contributed by atoms with Gasteiger partial charge in [-0.15, -0.1) is 23.7 Å². The first-order chi connectivity index (χ1) is 8.41. The van der Waals surface area contributed by atoms with Gasteiger partial charge in [0.25, 0.3) is 0 Å². The summed E-state index contributed by atoms with van der Waals surface area (Å²) in [5.74, 6) is 0. The lowest BCUT2D eigenvalue weighted by Gasteiger charge is -2.33. The van der Waals surface area contributed by atoms with Crippen LogP contribution < -0.4 is 10.5 Å². The van der Waals surface area contributed by atoms with Gasteiger partial charge in [-0.25, -0.2) is 13.1 Å².